The summed E-state index contributed by atoms with van der Waals surface area (Å²) in [5, 5.41) is 11.8. The first-order valence-electron chi connectivity index (χ1n) is 5.46. The lowest BCUT2D eigenvalue weighted by Gasteiger charge is -2.33. The number of hydrogen-bond donors (Lipinski definition) is 2. The highest BCUT2D eigenvalue weighted by atomic mass is 16.3. The van der Waals surface area contributed by atoms with E-state index in [-0.39, 0.29) is 6.03 Å². The highest BCUT2D eigenvalue weighted by Gasteiger charge is 2.30. The summed E-state index contributed by atoms with van der Waals surface area (Å²) in [5.41, 5.74) is 0. The molecule has 14 heavy (non-hydrogen) atoms. The Kier molecular flexibility index (Phi) is 2.91. The summed E-state index contributed by atoms with van der Waals surface area (Å²) in [4.78, 5) is 13.3. The van der Waals surface area contributed by atoms with E-state index in [1.807, 2.05) is 4.90 Å². The Bertz CT molecular complexity index is 212. The Balaban J connectivity index is 1.85. The first-order chi connectivity index (χ1) is 6.81. The van der Waals surface area contributed by atoms with Crippen molar-refractivity contribution in [3.05, 3.63) is 0 Å². The normalized spacial score (nSPS) is 33.2. The molecule has 0 bridgehead atoms. The van der Waals surface area contributed by atoms with Gasteiger partial charge in [0.15, 0.2) is 0 Å². The second kappa shape index (κ2) is 4.17. The molecule has 2 amide bonds. The SMILES string of the molecule is O=C1NCCN1C1CCC(CO)CC1. The number of urea groups is 1. The Labute approximate surface area is 84.3 Å². The van der Waals surface area contributed by atoms with Crippen LogP contribution in [0.1, 0.15) is 25.7 Å². The molecule has 0 atom stereocenters. The fraction of sp³-hybridized carbons (Fsp3) is 0.900. The lowest BCUT2D eigenvalue weighted by atomic mass is 9.86. The highest BCUT2D eigenvalue weighted by molar-refractivity contribution is 5.76. The van der Waals surface area contributed by atoms with Crippen molar-refractivity contribution in [1.29, 1.82) is 0 Å². The predicted octanol–water partition coefficient (Wildman–Crippen LogP) is 0.563. The predicted molar refractivity (Wildman–Crippen MR) is 52.9 cm³/mol. The number of nitrogens with one attached hydrogen (secondary N) is 1. The zero-order valence-electron chi connectivity index (χ0n) is 8.41. The average Bonchev–Trinajstić information content (AvgIpc) is 2.65. The van der Waals surface area contributed by atoms with Crippen molar-refractivity contribution in [2.24, 2.45) is 5.92 Å². The molecule has 4 nitrogen and oxygen atoms in total. The first kappa shape index (κ1) is 9.77. The van der Waals surface area contributed by atoms with E-state index < -0.39 is 0 Å². The molecule has 0 radical (unpaired) electrons. The molecular formula is C10H18N2O2. The molecule has 0 aromatic carbocycles. The van der Waals surface area contributed by atoms with Gasteiger partial charge in [-0.15, -0.1) is 0 Å². The van der Waals surface area contributed by atoms with Gasteiger partial charge in [0.25, 0.3) is 0 Å². The summed E-state index contributed by atoms with van der Waals surface area (Å²) < 4.78 is 0. The molecule has 2 rings (SSSR count). The van der Waals surface area contributed by atoms with E-state index in [4.69, 9.17) is 5.11 Å². The summed E-state index contributed by atoms with van der Waals surface area (Å²) >= 11 is 0. The number of nitrogens with zero attached hydrogens (tertiary/aromatic N) is 1. The van der Waals surface area contributed by atoms with Gasteiger partial charge >= 0.3 is 6.03 Å². The molecule has 80 valence electrons. The number of aliphatic hydroxyl groups is 1. The van der Waals surface area contributed by atoms with Crippen LogP contribution < -0.4 is 5.32 Å². The summed E-state index contributed by atoms with van der Waals surface area (Å²) in [5.74, 6) is 0.469. The van der Waals surface area contributed by atoms with E-state index >= 15 is 0 Å². The number of carbonyl (C=O) groups excluding carboxylic acids is 1. The number of rotatable bonds is 2. The van der Waals surface area contributed by atoms with Gasteiger partial charge in [-0.1, -0.05) is 0 Å². The summed E-state index contributed by atoms with van der Waals surface area (Å²) in [6.45, 7) is 1.95. The monoisotopic (exact) mass is 198 g/mol. The highest BCUT2D eigenvalue weighted by Crippen LogP contribution is 2.27. The molecule has 2 N–H and O–H groups in total. The molecule has 2 aliphatic rings. The minimum Gasteiger partial charge on any atom is -0.396 e. The fourth-order valence-electron chi connectivity index (χ4n) is 2.47. The van der Waals surface area contributed by atoms with Gasteiger partial charge < -0.3 is 15.3 Å². The quantitative estimate of drug-likeness (QED) is 0.681. The summed E-state index contributed by atoms with van der Waals surface area (Å²) in [6.07, 6.45) is 4.23. The van der Waals surface area contributed by atoms with Crippen LogP contribution in [0.15, 0.2) is 0 Å². The molecule has 1 aliphatic carbocycles. The third-order valence-corrected chi connectivity index (χ3v) is 3.41. The number of hydrogen-bond acceptors (Lipinski definition) is 2. The largest absolute Gasteiger partial charge is 0.396 e. The molecule has 2 fully saturated rings. The lowest BCUT2D eigenvalue weighted by molar-refractivity contribution is 0.135. The molecule has 1 saturated carbocycles. The first-order valence-corrected chi connectivity index (χ1v) is 5.46. The summed E-state index contributed by atoms with van der Waals surface area (Å²) in [7, 11) is 0. The second-order valence-electron chi connectivity index (χ2n) is 4.28. The van der Waals surface area contributed by atoms with Crippen LogP contribution in [-0.4, -0.2) is 41.8 Å². The molecule has 1 heterocycles. The standard InChI is InChI=1S/C10H18N2O2/c13-7-8-1-3-9(4-2-8)12-6-5-11-10(12)14/h8-9,13H,1-7H2,(H,11,14). The van der Waals surface area contributed by atoms with Gasteiger partial charge in [-0.25, -0.2) is 4.79 Å². The van der Waals surface area contributed by atoms with Crippen LogP contribution in [0, 0.1) is 5.92 Å². The van der Waals surface area contributed by atoms with Crippen molar-refractivity contribution in [3.8, 4) is 0 Å². The zero-order chi connectivity index (χ0) is 9.97. The van der Waals surface area contributed by atoms with Crippen LogP contribution >= 0.6 is 0 Å². The zero-order valence-corrected chi connectivity index (χ0v) is 8.41. The smallest absolute Gasteiger partial charge is 0.317 e. The number of amides is 2. The second-order valence-corrected chi connectivity index (χ2v) is 4.28. The minimum absolute atomic E-state index is 0.0949. The van der Waals surface area contributed by atoms with E-state index in [9.17, 15) is 4.79 Å². The van der Waals surface area contributed by atoms with E-state index in [2.05, 4.69) is 5.32 Å². The van der Waals surface area contributed by atoms with E-state index in [1.165, 1.54) is 0 Å². The van der Waals surface area contributed by atoms with Crippen LogP contribution in [0.4, 0.5) is 4.79 Å². The van der Waals surface area contributed by atoms with Crippen molar-refractivity contribution < 1.29 is 9.90 Å². The van der Waals surface area contributed by atoms with Crippen LogP contribution in [0.5, 0.6) is 0 Å². The van der Waals surface area contributed by atoms with Crippen molar-refractivity contribution in [2.75, 3.05) is 19.7 Å². The number of aliphatic hydroxyl groups excluding tert-OH is 1. The van der Waals surface area contributed by atoms with Gasteiger partial charge in [-0.3, -0.25) is 0 Å². The Morgan fingerprint density at radius 2 is 2.07 bits per heavy atom. The van der Waals surface area contributed by atoms with Crippen molar-refractivity contribution in [3.63, 3.8) is 0 Å². The molecule has 0 spiro atoms. The van der Waals surface area contributed by atoms with Crippen molar-refractivity contribution >= 4 is 6.03 Å². The summed E-state index contributed by atoms with van der Waals surface area (Å²) in [6, 6.07) is 0.512. The maximum absolute atomic E-state index is 11.4. The molecule has 0 unspecified atom stereocenters. The Hall–Kier alpha value is -0.770. The van der Waals surface area contributed by atoms with Crippen molar-refractivity contribution in [1.82, 2.24) is 10.2 Å². The maximum Gasteiger partial charge on any atom is 0.317 e. The molecule has 1 saturated heterocycles. The fourth-order valence-corrected chi connectivity index (χ4v) is 2.47. The Morgan fingerprint density at radius 1 is 1.36 bits per heavy atom. The molecule has 0 aromatic rings. The lowest BCUT2D eigenvalue weighted by Crippen LogP contribution is -2.40. The van der Waals surface area contributed by atoms with Crippen LogP contribution in [0.3, 0.4) is 0 Å². The van der Waals surface area contributed by atoms with E-state index in [0.29, 0.717) is 18.6 Å². The van der Waals surface area contributed by atoms with Gasteiger partial charge in [0.05, 0.1) is 0 Å². The molecule has 0 aromatic heterocycles. The van der Waals surface area contributed by atoms with Crippen molar-refractivity contribution in [2.45, 2.75) is 31.7 Å². The van der Waals surface area contributed by atoms with E-state index in [0.717, 1.165) is 38.8 Å². The minimum atomic E-state index is 0.0949. The average molecular weight is 198 g/mol. The third kappa shape index (κ3) is 1.85. The van der Waals surface area contributed by atoms with Gasteiger partial charge in [-0.2, -0.15) is 0 Å². The van der Waals surface area contributed by atoms with Gasteiger partial charge in [0.1, 0.15) is 0 Å². The topological polar surface area (TPSA) is 52.6 Å². The Morgan fingerprint density at radius 3 is 2.57 bits per heavy atom. The third-order valence-electron chi connectivity index (χ3n) is 3.41. The van der Waals surface area contributed by atoms with Crippen LogP contribution in [0.25, 0.3) is 0 Å². The van der Waals surface area contributed by atoms with Gasteiger partial charge in [0.2, 0.25) is 0 Å². The van der Waals surface area contributed by atoms with Gasteiger partial charge in [0, 0.05) is 25.7 Å². The molecule has 4 heteroatoms. The van der Waals surface area contributed by atoms with Gasteiger partial charge in [-0.05, 0) is 31.6 Å². The van der Waals surface area contributed by atoms with Crippen LogP contribution in [-0.2, 0) is 0 Å². The molecule has 1 aliphatic heterocycles. The van der Waals surface area contributed by atoms with Crippen LogP contribution in [0.2, 0.25) is 0 Å². The molecular weight excluding hydrogens is 180 g/mol. The van der Waals surface area contributed by atoms with E-state index in [1.54, 1.807) is 0 Å². The number of carbonyl (C=O) groups is 1. The maximum atomic E-state index is 11.4.